The lowest BCUT2D eigenvalue weighted by molar-refractivity contribution is -0.143. The Bertz CT molecular complexity index is 328. The van der Waals surface area contributed by atoms with E-state index in [9.17, 15) is 4.79 Å². The predicted octanol–water partition coefficient (Wildman–Crippen LogP) is 5.40. The first-order valence-electron chi connectivity index (χ1n) is 10.0. The van der Waals surface area contributed by atoms with Gasteiger partial charge < -0.3 is 9.84 Å². The summed E-state index contributed by atoms with van der Waals surface area (Å²) in [5.41, 5.74) is 0. The van der Waals surface area contributed by atoms with Crippen LogP contribution >= 0.6 is 0 Å². The quantitative estimate of drug-likeness (QED) is 0.233. The van der Waals surface area contributed by atoms with Crippen LogP contribution < -0.4 is 0 Å². The molecule has 0 aromatic carbocycles. The molecular weight excluding hydrogens is 300 g/mol. The Morgan fingerprint density at radius 3 is 1.71 bits per heavy atom. The Hall–Kier alpha value is -1.01. The third-order valence-corrected chi connectivity index (χ3v) is 4.07. The van der Waals surface area contributed by atoms with E-state index >= 15 is 0 Å². The average Bonchev–Trinajstić information content (AvgIpc) is 2.58. The van der Waals surface area contributed by atoms with Gasteiger partial charge in [0.25, 0.3) is 0 Å². The van der Waals surface area contributed by atoms with Crippen LogP contribution in [0, 0.1) is 11.8 Å². The summed E-state index contributed by atoms with van der Waals surface area (Å²) < 4.78 is 4.91. The SMILES string of the molecule is CCOC(=O)CCCCCCCCCCCC#CCCCCCO. The lowest BCUT2D eigenvalue weighted by Gasteiger charge is -2.02. The first-order chi connectivity index (χ1) is 11.8. The van der Waals surface area contributed by atoms with Crippen LogP contribution in [0.3, 0.4) is 0 Å². The van der Waals surface area contributed by atoms with Gasteiger partial charge in [0.05, 0.1) is 6.61 Å². The van der Waals surface area contributed by atoms with E-state index in [2.05, 4.69) is 11.8 Å². The molecule has 0 aromatic heterocycles. The molecule has 0 aliphatic carbocycles. The number of rotatable bonds is 16. The van der Waals surface area contributed by atoms with Gasteiger partial charge in [-0.2, -0.15) is 0 Å². The number of hydrogen-bond acceptors (Lipinski definition) is 3. The van der Waals surface area contributed by atoms with E-state index in [4.69, 9.17) is 9.84 Å². The zero-order valence-electron chi connectivity index (χ0n) is 15.8. The lowest BCUT2D eigenvalue weighted by Crippen LogP contribution is -2.03. The van der Waals surface area contributed by atoms with Gasteiger partial charge in [-0.05, 0) is 32.6 Å². The summed E-state index contributed by atoms with van der Waals surface area (Å²) in [5, 5.41) is 8.67. The van der Waals surface area contributed by atoms with Gasteiger partial charge in [0.15, 0.2) is 0 Å². The van der Waals surface area contributed by atoms with E-state index in [0.29, 0.717) is 19.6 Å². The molecule has 0 amide bonds. The molecule has 0 rings (SSSR count). The second-order valence-corrected chi connectivity index (χ2v) is 6.37. The summed E-state index contributed by atoms with van der Waals surface area (Å²) in [6, 6.07) is 0. The molecule has 0 saturated carbocycles. The fourth-order valence-corrected chi connectivity index (χ4v) is 2.63. The summed E-state index contributed by atoms with van der Waals surface area (Å²) in [5.74, 6) is 6.43. The number of carbonyl (C=O) groups excluding carboxylic acids is 1. The molecule has 0 fully saturated rings. The van der Waals surface area contributed by atoms with E-state index in [1.807, 2.05) is 6.92 Å². The maximum atomic E-state index is 11.2. The molecule has 0 bridgehead atoms. The van der Waals surface area contributed by atoms with Crippen LogP contribution in [0.15, 0.2) is 0 Å². The van der Waals surface area contributed by atoms with E-state index in [0.717, 1.165) is 44.9 Å². The van der Waals surface area contributed by atoms with Crippen LogP contribution in [-0.4, -0.2) is 24.3 Å². The Morgan fingerprint density at radius 1 is 0.750 bits per heavy atom. The number of aliphatic hydroxyl groups excluding tert-OH is 1. The summed E-state index contributed by atoms with van der Waals surface area (Å²) in [7, 11) is 0. The minimum absolute atomic E-state index is 0.0502. The van der Waals surface area contributed by atoms with Crippen LogP contribution in [0.2, 0.25) is 0 Å². The summed E-state index contributed by atoms with van der Waals surface area (Å²) in [6.07, 6.45) is 16.8. The van der Waals surface area contributed by atoms with Crippen LogP contribution in [0.4, 0.5) is 0 Å². The summed E-state index contributed by atoms with van der Waals surface area (Å²) >= 11 is 0. The zero-order valence-corrected chi connectivity index (χ0v) is 15.8. The molecule has 1 N–H and O–H groups in total. The van der Waals surface area contributed by atoms with Crippen molar-refractivity contribution >= 4 is 5.97 Å². The van der Waals surface area contributed by atoms with Gasteiger partial charge in [0.1, 0.15) is 0 Å². The second-order valence-electron chi connectivity index (χ2n) is 6.37. The van der Waals surface area contributed by atoms with Gasteiger partial charge in [0, 0.05) is 25.9 Å². The van der Waals surface area contributed by atoms with Crippen LogP contribution in [0.5, 0.6) is 0 Å². The highest BCUT2D eigenvalue weighted by atomic mass is 16.5. The molecule has 0 saturated heterocycles. The first-order valence-corrected chi connectivity index (χ1v) is 10.0. The fourth-order valence-electron chi connectivity index (χ4n) is 2.63. The largest absolute Gasteiger partial charge is 0.466 e. The van der Waals surface area contributed by atoms with E-state index in [-0.39, 0.29) is 5.97 Å². The van der Waals surface area contributed by atoms with E-state index in [1.165, 1.54) is 44.9 Å². The number of unbranched alkanes of at least 4 members (excludes halogenated alkanes) is 12. The summed E-state index contributed by atoms with van der Waals surface area (Å²) in [4.78, 5) is 11.2. The van der Waals surface area contributed by atoms with Crippen LogP contribution in [0.1, 0.15) is 103 Å². The molecule has 0 spiro atoms. The Balaban J connectivity index is 3.12. The molecule has 0 radical (unpaired) electrons. The number of aliphatic hydroxyl groups is 1. The van der Waals surface area contributed by atoms with Gasteiger partial charge in [-0.25, -0.2) is 0 Å². The monoisotopic (exact) mass is 338 g/mol. The molecule has 0 atom stereocenters. The van der Waals surface area contributed by atoms with Crippen molar-refractivity contribution in [2.45, 2.75) is 103 Å². The number of hydrogen-bond donors (Lipinski definition) is 1. The van der Waals surface area contributed by atoms with E-state index < -0.39 is 0 Å². The number of ether oxygens (including phenoxy) is 1. The predicted molar refractivity (Wildman–Crippen MR) is 101 cm³/mol. The van der Waals surface area contributed by atoms with Crippen molar-refractivity contribution in [1.29, 1.82) is 0 Å². The molecule has 0 heterocycles. The number of esters is 1. The molecule has 3 heteroatoms. The topological polar surface area (TPSA) is 46.5 Å². The van der Waals surface area contributed by atoms with Crippen LogP contribution in [0.25, 0.3) is 0 Å². The third-order valence-electron chi connectivity index (χ3n) is 4.07. The Kier molecular flexibility index (Phi) is 19.2. The third kappa shape index (κ3) is 19.0. The van der Waals surface area contributed by atoms with Crippen molar-refractivity contribution in [1.82, 2.24) is 0 Å². The average molecular weight is 339 g/mol. The molecule has 0 aliphatic heterocycles. The Labute approximate surface area is 149 Å². The Morgan fingerprint density at radius 2 is 1.21 bits per heavy atom. The van der Waals surface area contributed by atoms with Crippen molar-refractivity contribution in [3.05, 3.63) is 0 Å². The molecule has 140 valence electrons. The molecule has 0 unspecified atom stereocenters. The van der Waals surface area contributed by atoms with Crippen molar-refractivity contribution < 1.29 is 14.6 Å². The summed E-state index contributed by atoms with van der Waals surface area (Å²) in [6.45, 7) is 2.65. The zero-order chi connectivity index (χ0) is 17.7. The van der Waals surface area contributed by atoms with Gasteiger partial charge in [-0.15, -0.1) is 11.8 Å². The maximum absolute atomic E-state index is 11.2. The van der Waals surface area contributed by atoms with Gasteiger partial charge in [0.2, 0.25) is 0 Å². The van der Waals surface area contributed by atoms with Gasteiger partial charge in [-0.3, -0.25) is 4.79 Å². The van der Waals surface area contributed by atoms with E-state index in [1.54, 1.807) is 0 Å². The highest BCUT2D eigenvalue weighted by molar-refractivity contribution is 5.69. The van der Waals surface area contributed by atoms with Crippen molar-refractivity contribution in [2.75, 3.05) is 13.2 Å². The fraction of sp³-hybridized carbons (Fsp3) is 0.857. The molecule has 0 aromatic rings. The van der Waals surface area contributed by atoms with Gasteiger partial charge >= 0.3 is 5.97 Å². The van der Waals surface area contributed by atoms with Crippen molar-refractivity contribution in [3.8, 4) is 11.8 Å². The normalized spacial score (nSPS) is 10.2. The standard InChI is InChI=1S/C21H38O3/c1-2-24-21(23)19-17-15-13-11-9-7-5-3-4-6-8-10-12-14-16-18-20-22/h22H,2-7,9,11-20H2,1H3. The highest BCUT2D eigenvalue weighted by Crippen LogP contribution is 2.11. The first kappa shape index (κ1) is 23.0. The molecule has 24 heavy (non-hydrogen) atoms. The molecular formula is C21H38O3. The van der Waals surface area contributed by atoms with Crippen molar-refractivity contribution in [2.24, 2.45) is 0 Å². The molecule has 0 aliphatic rings. The molecule has 3 nitrogen and oxygen atoms in total. The van der Waals surface area contributed by atoms with Gasteiger partial charge in [-0.1, -0.05) is 51.4 Å². The highest BCUT2D eigenvalue weighted by Gasteiger charge is 2.00. The maximum Gasteiger partial charge on any atom is 0.305 e. The lowest BCUT2D eigenvalue weighted by atomic mass is 10.1. The van der Waals surface area contributed by atoms with Crippen LogP contribution in [-0.2, 0) is 9.53 Å². The number of carbonyl (C=O) groups is 1. The minimum Gasteiger partial charge on any atom is -0.466 e. The second kappa shape index (κ2) is 20.0. The smallest absolute Gasteiger partial charge is 0.305 e. The van der Waals surface area contributed by atoms with Crippen molar-refractivity contribution in [3.63, 3.8) is 0 Å². The minimum atomic E-state index is -0.0502.